The van der Waals surface area contributed by atoms with Crippen LogP contribution in [-0.4, -0.2) is 46.9 Å². The number of rotatable bonds is 8. The van der Waals surface area contributed by atoms with Crippen molar-refractivity contribution >= 4 is 5.97 Å². The van der Waals surface area contributed by atoms with Gasteiger partial charge in [0.25, 0.3) is 0 Å². The van der Waals surface area contributed by atoms with Crippen molar-refractivity contribution in [1.82, 2.24) is 15.0 Å². The summed E-state index contributed by atoms with van der Waals surface area (Å²) < 4.78 is 17.1. The van der Waals surface area contributed by atoms with E-state index in [2.05, 4.69) is 10.3 Å². The molecule has 1 heterocycles. The largest absolute Gasteiger partial charge is 0.497 e. The first-order chi connectivity index (χ1) is 10.7. The molecule has 0 aliphatic rings. The van der Waals surface area contributed by atoms with Crippen LogP contribution >= 0.6 is 0 Å². The number of nitrogens with zero attached hydrogens (tertiary/aromatic N) is 3. The average Bonchev–Trinajstić information content (AvgIpc) is 2.92. The van der Waals surface area contributed by atoms with Crippen LogP contribution in [0.1, 0.15) is 16.2 Å². The molecule has 0 aliphatic carbocycles. The summed E-state index contributed by atoms with van der Waals surface area (Å²) in [4.78, 5) is 11.1. The summed E-state index contributed by atoms with van der Waals surface area (Å²) in [5.41, 5.74) is 0.305. The van der Waals surface area contributed by atoms with Crippen molar-refractivity contribution in [1.29, 1.82) is 0 Å². The highest BCUT2D eigenvalue weighted by Crippen LogP contribution is 2.17. The minimum Gasteiger partial charge on any atom is -0.497 e. The van der Waals surface area contributed by atoms with Crippen LogP contribution in [0.25, 0.3) is 0 Å². The van der Waals surface area contributed by atoms with Gasteiger partial charge in [0.1, 0.15) is 18.1 Å². The van der Waals surface area contributed by atoms with E-state index in [1.807, 2.05) is 0 Å². The van der Waals surface area contributed by atoms with Crippen LogP contribution in [0.15, 0.2) is 24.3 Å². The second kappa shape index (κ2) is 7.41. The fraction of sp³-hybridized carbons (Fsp3) is 0.357. The molecule has 0 aliphatic heterocycles. The Morgan fingerprint density at radius 2 is 1.91 bits per heavy atom. The Kier molecular flexibility index (Phi) is 5.31. The van der Waals surface area contributed by atoms with Crippen LogP contribution in [0.4, 0.5) is 0 Å². The predicted octanol–water partition coefficient (Wildman–Crippen LogP) is 1.21. The van der Waals surface area contributed by atoms with Crippen LogP contribution in [0, 0.1) is 0 Å². The number of ether oxygens (including phenoxy) is 3. The summed E-state index contributed by atoms with van der Waals surface area (Å²) in [6.45, 7) is 0.813. The summed E-state index contributed by atoms with van der Waals surface area (Å²) in [5, 5.41) is 16.5. The van der Waals surface area contributed by atoms with Crippen molar-refractivity contribution < 1.29 is 24.1 Å². The fourth-order valence-electron chi connectivity index (χ4n) is 1.88. The van der Waals surface area contributed by atoms with E-state index < -0.39 is 5.97 Å². The molecular formula is C14H17N3O5. The second-order valence-corrected chi connectivity index (χ2v) is 4.37. The number of aromatic carboxylic acids is 1. The summed E-state index contributed by atoms with van der Waals surface area (Å²) in [7, 11) is 3.08. The van der Waals surface area contributed by atoms with Gasteiger partial charge in [0, 0.05) is 7.11 Å². The Labute approximate surface area is 127 Å². The van der Waals surface area contributed by atoms with Crippen molar-refractivity contribution in [3.8, 4) is 11.5 Å². The predicted molar refractivity (Wildman–Crippen MR) is 76.2 cm³/mol. The van der Waals surface area contributed by atoms with E-state index in [1.165, 1.54) is 11.8 Å². The number of carboxylic acid groups (broad SMARTS) is 1. The SMILES string of the molecule is COCc1c(C(=O)O)nnn1CCOc1ccc(OC)cc1. The van der Waals surface area contributed by atoms with Crippen LogP contribution in [0.3, 0.4) is 0 Å². The third kappa shape index (κ3) is 3.73. The highest BCUT2D eigenvalue weighted by atomic mass is 16.5. The molecule has 1 aromatic carbocycles. The molecular weight excluding hydrogens is 290 g/mol. The molecule has 0 bridgehead atoms. The van der Waals surface area contributed by atoms with Crippen molar-refractivity contribution in [3.63, 3.8) is 0 Å². The zero-order chi connectivity index (χ0) is 15.9. The first-order valence-electron chi connectivity index (χ1n) is 6.57. The Bertz CT molecular complexity index is 624. The van der Waals surface area contributed by atoms with E-state index in [-0.39, 0.29) is 12.3 Å². The molecule has 118 valence electrons. The fourth-order valence-corrected chi connectivity index (χ4v) is 1.88. The molecule has 2 aromatic rings. The molecule has 0 spiro atoms. The third-order valence-corrected chi connectivity index (χ3v) is 2.95. The summed E-state index contributed by atoms with van der Waals surface area (Å²) >= 11 is 0. The molecule has 0 unspecified atom stereocenters. The Morgan fingerprint density at radius 1 is 1.23 bits per heavy atom. The van der Waals surface area contributed by atoms with E-state index in [9.17, 15) is 4.79 Å². The summed E-state index contributed by atoms with van der Waals surface area (Å²) in [6, 6.07) is 7.17. The molecule has 8 nitrogen and oxygen atoms in total. The molecule has 0 atom stereocenters. The van der Waals surface area contributed by atoms with Gasteiger partial charge in [0.15, 0.2) is 5.69 Å². The van der Waals surface area contributed by atoms with E-state index in [1.54, 1.807) is 31.4 Å². The lowest BCUT2D eigenvalue weighted by atomic mass is 10.3. The van der Waals surface area contributed by atoms with E-state index in [0.717, 1.165) is 5.75 Å². The first-order valence-corrected chi connectivity index (χ1v) is 6.57. The van der Waals surface area contributed by atoms with Crippen LogP contribution in [0.2, 0.25) is 0 Å². The molecule has 0 radical (unpaired) electrons. The van der Waals surface area contributed by atoms with Gasteiger partial charge in [-0.15, -0.1) is 5.10 Å². The molecule has 0 amide bonds. The van der Waals surface area contributed by atoms with E-state index in [4.69, 9.17) is 19.3 Å². The monoisotopic (exact) mass is 307 g/mol. The van der Waals surface area contributed by atoms with Gasteiger partial charge in [-0.05, 0) is 24.3 Å². The Balaban J connectivity index is 1.97. The third-order valence-electron chi connectivity index (χ3n) is 2.95. The van der Waals surface area contributed by atoms with Gasteiger partial charge in [-0.25, -0.2) is 9.48 Å². The Morgan fingerprint density at radius 3 is 2.50 bits per heavy atom. The number of carbonyl (C=O) groups is 1. The molecule has 0 fully saturated rings. The highest BCUT2D eigenvalue weighted by Gasteiger charge is 2.18. The number of carboxylic acids is 1. The lowest BCUT2D eigenvalue weighted by molar-refractivity contribution is 0.0684. The van der Waals surface area contributed by atoms with Crippen molar-refractivity contribution in [2.24, 2.45) is 0 Å². The molecule has 0 saturated heterocycles. The quantitative estimate of drug-likeness (QED) is 0.783. The van der Waals surface area contributed by atoms with Gasteiger partial charge >= 0.3 is 5.97 Å². The van der Waals surface area contributed by atoms with E-state index in [0.29, 0.717) is 24.6 Å². The molecule has 22 heavy (non-hydrogen) atoms. The van der Waals surface area contributed by atoms with Crippen LogP contribution < -0.4 is 9.47 Å². The second-order valence-electron chi connectivity index (χ2n) is 4.37. The molecule has 1 N–H and O–H groups in total. The van der Waals surface area contributed by atoms with Crippen LogP contribution in [-0.2, 0) is 17.9 Å². The topological polar surface area (TPSA) is 95.7 Å². The van der Waals surface area contributed by atoms with Gasteiger partial charge < -0.3 is 19.3 Å². The molecule has 8 heteroatoms. The number of hydrogen-bond acceptors (Lipinski definition) is 6. The minimum atomic E-state index is -1.13. The summed E-state index contributed by atoms with van der Waals surface area (Å²) in [5.74, 6) is 0.305. The summed E-state index contributed by atoms with van der Waals surface area (Å²) in [6.07, 6.45) is 0. The maximum Gasteiger partial charge on any atom is 0.358 e. The lowest BCUT2D eigenvalue weighted by Gasteiger charge is -2.09. The average molecular weight is 307 g/mol. The zero-order valence-electron chi connectivity index (χ0n) is 12.4. The maximum atomic E-state index is 11.1. The van der Waals surface area contributed by atoms with Gasteiger partial charge in [-0.1, -0.05) is 5.21 Å². The highest BCUT2D eigenvalue weighted by molar-refractivity contribution is 5.86. The molecule has 2 rings (SSSR count). The molecule has 1 aromatic heterocycles. The lowest BCUT2D eigenvalue weighted by Crippen LogP contribution is -2.14. The number of aromatic nitrogens is 3. The van der Waals surface area contributed by atoms with Gasteiger partial charge in [-0.2, -0.15) is 0 Å². The van der Waals surface area contributed by atoms with Crippen LogP contribution in [0.5, 0.6) is 11.5 Å². The number of methoxy groups -OCH3 is 2. The smallest absolute Gasteiger partial charge is 0.358 e. The zero-order valence-corrected chi connectivity index (χ0v) is 12.4. The standard InChI is InChI=1S/C14H17N3O5/c1-20-9-12-13(14(18)19)15-16-17(12)7-8-22-11-5-3-10(21-2)4-6-11/h3-6H,7-9H2,1-2H3,(H,18,19). The van der Waals surface area contributed by atoms with Crippen molar-refractivity contribution in [2.45, 2.75) is 13.2 Å². The van der Waals surface area contributed by atoms with Gasteiger partial charge in [0.05, 0.1) is 26.0 Å². The first kappa shape index (κ1) is 15.8. The minimum absolute atomic E-state index is 0.105. The van der Waals surface area contributed by atoms with Gasteiger partial charge in [0.2, 0.25) is 0 Å². The number of benzene rings is 1. The normalized spacial score (nSPS) is 10.5. The Hall–Kier alpha value is -2.61. The van der Waals surface area contributed by atoms with Crippen molar-refractivity contribution in [3.05, 3.63) is 35.7 Å². The van der Waals surface area contributed by atoms with Crippen molar-refractivity contribution in [2.75, 3.05) is 20.8 Å². The van der Waals surface area contributed by atoms with Gasteiger partial charge in [-0.3, -0.25) is 0 Å². The van der Waals surface area contributed by atoms with E-state index >= 15 is 0 Å². The molecule has 0 saturated carbocycles. The number of hydrogen-bond donors (Lipinski definition) is 1. The maximum absolute atomic E-state index is 11.1.